The van der Waals surface area contributed by atoms with Gasteiger partial charge in [0.15, 0.2) is 0 Å². The summed E-state index contributed by atoms with van der Waals surface area (Å²) < 4.78 is 0.745. The van der Waals surface area contributed by atoms with E-state index in [4.69, 9.17) is 0 Å². The highest BCUT2D eigenvalue weighted by molar-refractivity contribution is 7.19. The van der Waals surface area contributed by atoms with Crippen molar-refractivity contribution in [1.29, 1.82) is 0 Å². The first kappa shape index (κ1) is 8.96. The van der Waals surface area contributed by atoms with Gasteiger partial charge in [-0.15, -0.1) is 11.3 Å². The zero-order chi connectivity index (χ0) is 10.3. The second-order valence-electron chi connectivity index (χ2n) is 2.94. The standard InChI is InChI=1S/C9H7NO3S/c1-5-9(10(12)13)7-3-2-6(11)4-8(7)14-5/h2-4,11H,1H3. The molecule has 0 radical (unpaired) electrons. The fourth-order valence-corrected chi connectivity index (χ4v) is 2.49. The van der Waals surface area contributed by atoms with Gasteiger partial charge in [0.2, 0.25) is 0 Å². The summed E-state index contributed by atoms with van der Waals surface area (Å²) in [6, 6.07) is 4.58. The van der Waals surface area contributed by atoms with E-state index in [1.54, 1.807) is 19.1 Å². The van der Waals surface area contributed by atoms with Crippen molar-refractivity contribution in [2.24, 2.45) is 0 Å². The quantitative estimate of drug-likeness (QED) is 0.580. The van der Waals surface area contributed by atoms with E-state index < -0.39 is 0 Å². The van der Waals surface area contributed by atoms with Crippen LogP contribution in [0, 0.1) is 17.0 Å². The van der Waals surface area contributed by atoms with Crippen molar-refractivity contribution in [2.45, 2.75) is 6.92 Å². The van der Waals surface area contributed by atoms with Gasteiger partial charge in [-0.25, -0.2) is 0 Å². The number of rotatable bonds is 1. The van der Waals surface area contributed by atoms with Gasteiger partial charge in [-0.2, -0.15) is 0 Å². The Morgan fingerprint density at radius 1 is 1.50 bits per heavy atom. The first-order valence-corrected chi connectivity index (χ1v) is 4.78. The lowest BCUT2D eigenvalue weighted by Crippen LogP contribution is -1.87. The normalized spacial score (nSPS) is 10.6. The third-order valence-corrected chi connectivity index (χ3v) is 3.06. The molecule has 0 fully saturated rings. The molecule has 1 heterocycles. The van der Waals surface area contributed by atoms with E-state index >= 15 is 0 Å². The number of thiophene rings is 1. The zero-order valence-electron chi connectivity index (χ0n) is 7.35. The van der Waals surface area contributed by atoms with Crippen LogP contribution in [0.1, 0.15) is 4.88 Å². The Bertz CT molecular complexity index is 518. The van der Waals surface area contributed by atoms with Crippen LogP contribution in [0.25, 0.3) is 10.1 Å². The van der Waals surface area contributed by atoms with Crippen LogP contribution in [0.2, 0.25) is 0 Å². The molecule has 0 aliphatic heterocycles. The fraction of sp³-hybridized carbons (Fsp3) is 0.111. The molecule has 1 aromatic heterocycles. The maximum atomic E-state index is 10.7. The second-order valence-corrected chi connectivity index (χ2v) is 4.20. The van der Waals surface area contributed by atoms with Gasteiger partial charge in [0.25, 0.3) is 5.69 Å². The number of nitrogens with zero attached hydrogens (tertiary/aromatic N) is 1. The summed E-state index contributed by atoms with van der Waals surface area (Å²) in [7, 11) is 0. The number of hydrogen-bond acceptors (Lipinski definition) is 4. The highest BCUT2D eigenvalue weighted by Crippen LogP contribution is 2.37. The van der Waals surface area contributed by atoms with Crippen LogP contribution in [0.4, 0.5) is 5.69 Å². The summed E-state index contributed by atoms with van der Waals surface area (Å²) in [4.78, 5) is 11.0. The molecule has 2 aromatic rings. The Morgan fingerprint density at radius 2 is 2.21 bits per heavy atom. The van der Waals surface area contributed by atoms with E-state index in [1.807, 2.05) is 0 Å². The maximum Gasteiger partial charge on any atom is 0.290 e. The number of benzene rings is 1. The SMILES string of the molecule is Cc1sc2cc(O)ccc2c1[N+](=O)[O-]. The molecule has 0 saturated heterocycles. The molecule has 72 valence electrons. The minimum atomic E-state index is -0.384. The van der Waals surface area contributed by atoms with Gasteiger partial charge in [-0.3, -0.25) is 10.1 Å². The van der Waals surface area contributed by atoms with E-state index in [1.165, 1.54) is 17.4 Å². The number of nitro groups is 1. The molecule has 0 bridgehead atoms. The summed E-state index contributed by atoms with van der Waals surface area (Å²) in [5.41, 5.74) is 0.144. The Labute approximate surface area is 83.6 Å². The number of aryl methyl sites for hydroxylation is 1. The summed E-state index contributed by atoms with van der Waals surface area (Å²) in [6.07, 6.45) is 0. The van der Waals surface area contributed by atoms with Crippen molar-refractivity contribution in [3.05, 3.63) is 33.2 Å². The average Bonchev–Trinajstić information content (AvgIpc) is 2.39. The van der Waals surface area contributed by atoms with Crippen LogP contribution in [0.15, 0.2) is 18.2 Å². The van der Waals surface area contributed by atoms with Gasteiger partial charge >= 0.3 is 0 Å². The minimum Gasteiger partial charge on any atom is -0.508 e. The number of phenols is 1. The lowest BCUT2D eigenvalue weighted by molar-refractivity contribution is -0.383. The highest BCUT2D eigenvalue weighted by atomic mass is 32.1. The van der Waals surface area contributed by atoms with Crippen molar-refractivity contribution in [2.75, 3.05) is 0 Å². The van der Waals surface area contributed by atoms with Crippen LogP contribution < -0.4 is 0 Å². The van der Waals surface area contributed by atoms with Crippen molar-refractivity contribution >= 4 is 27.1 Å². The minimum absolute atomic E-state index is 0.133. The van der Waals surface area contributed by atoms with E-state index in [2.05, 4.69) is 0 Å². The summed E-state index contributed by atoms with van der Waals surface area (Å²) in [6.45, 7) is 1.71. The molecule has 0 aliphatic rings. The molecule has 1 aromatic carbocycles. The maximum absolute atomic E-state index is 10.7. The predicted molar refractivity (Wildman–Crippen MR) is 54.9 cm³/mol. The van der Waals surface area contributed by atoms with Crippen LogP contribution >= 0.6 is 11.3 Å². The second kappa shape index (κ2) is 2.95. The number of aromatic hydroxyl groups is 1. The van der Waals surface area contributed by atoms with Crippen molar-refractivity contribution in [3.63, 3.8) is 0 Å². The van der Waals surface area contributed by atoms with Gasteiger partial charge in [-0.1, -0.05) is 0 Å². The first-order chi connectivity index (χ1) is 6.59. The Hall–Kier alpha value is -1.62. The Kier molecular flexibility index (Phi) is 1.89. The molecule has 0 amide bonds. The predicted octanol–water partition coefficient (Wildman–Crippen LogP) is 2.82. The van der Waals surface area contributed by atoms with E-state index in [-0.39, 0.29) is 16.4 Å². The third-order valence-electron chi connectivity index (χ3n) is 2.00. The highest BCUT2D eigenvalue weighted by Gasteiger charge is 2.18. The summed E-state index contributed by atoms with van der Waals surface area (Å²) in [5.74, 6) is 0.133. The number of fused-ring (bicyclic) bond motifs is 1. The van der Waals surface area contributed by atoms with Crippen LogP contribution in [0.3, 0.4) is 0 Å². The monoisotopic (exact) mass is 209 g/mol. The van der Waals surface area contributed by atoms with Gasteiger partial charge in [0.1, 0.15) is 5.75 Å². The molecule has 0 aliphatic carbocycles. The lowest BCUT2D eigenvalue weighted by Gasteiger charge is -1.91. The molecule has 5 heteroatoms. The van der Waals surface area contributed by atoms with E-state index in [0.717, 1.165) is 4.70 Å². The molecule has 14 heavy (non-hydrogen) atoms. The molecular weight excluding hydrogens is 202 g/mol. The van der Waals surface area contributed by atoms with E-state index in [9.17, 15) is 15.2 Å². The van der Waals surface area contributed by atoms with Gasteiger partial charge in [-0.05, 0) is 25.1 Å². The number of phenolic OH excluding ortho intramolecular Hbond substituents is 1. The molecular formula is C9H7NO3S. The Morgan fingerprint density at radius 3 is 2.86 bits per heavy atom. The van der Waals surface area contributed by atoms with Gasteiger partial charge < -0.3 is 5.11 Å². The third kappa shape index (κ3) is 1.22. The molecule has 4 nitrogen and oxygen atoms in total. The largest absolute Gasteiger partial charge is 0.508 e. The van der Waals surface area contributed by atoms with E-state index in [0.29, 0.717) is 10.3 Å². The summed E-state index contributed by atoms with van der Waals surface area (Å²) >= 11 is 1.32. The fourth-order valence-electron chi connectivity index (χ4n) is 1.42. The van der Waals surface area contributed by atoms with Crippen molar-refractivity contribution in [1.82, 2.24) is 0 Å². The molecule has 2 rings (SSSR count). The van der Waals surface area contributed by atoms with Gasteiger partial charge in [0.05, 0.1) is 15.2 Å². The lowest BCUT2D eigenvalue weighted by atomic mass is 10.2. The smallest absolute Gasteiger partial charge is 0.290 e. The summed E-state index contributed by atoms with van der Waals surface area (Å²) in [5, 5.41) is 20.5. The average molecular weight is 209 g/mol. The zero-order valence-corrected chi connectivity index (χ0v) is 8.17. The molecule has 0 atom stereocenters. The van der Waals surface area contributed by atoms with Crippen LogP contribution in [0.5, 0.6) is 5.75 Å². The van der Waals surface area contributed by atoms with Crippen molar-refractivity contribution in [3.8, 4) is 5.75 Å². The van der Waals surface area contributed by atoms with Crippen LogP contribution in [-0.4, -0.2) is 10.0 Å². The molecule has 1 N–H and O–H groups in total. The Balaban J connectivity index is 2.84. The molecule has 0 spiro atoms. The van der Waals surface area contributed by atoms with Crippen molar-refractivity contribution < 1.29 is 10.0 Å². The van der Waals surface area contributed by atoms with Gasteiger partial charge in [0, 0.05) is 4.70 Å². The molecule has 0 saturated carbocycles. The topological polar surface area (TPSA) is 63.4 Å². The van der Waals surface area contributed by atoms with Crippen LogP contribution in [-0.2, 0) is 0 Å². The first-order valence-electron chi connectivity index (χ1n) is 3.96. The number of hydrogen-bond donors (Lipinski definition) is 1. The molecule has 0 unspecified atom stereocenters.